The van der Waals surface area contributed by atoms with E-state index in [2.05, 4.69) is 58.3 Å². The molecule has 0 spiro atoms. The Hall–Kier alpha value is -0.0800. The fraction of sp³-hybridized carbons (Fsp3) is 1.00. The first-order valence-electron chi connectivity index (χ1n) is 6.26. The summed E-state index contributed by atoms with van der Waals surface area (Å²) in [5, 5.41) is 0. The lowest BCUT2D eigenvalue weighted by Crippen LogP contribution is -2.62. The van der Waals surface area contributed by atoms with Crippen molar-refractivity contribution in [3.8, 4) is 0 Å². The van der Waals surface area contributed by atoms with Gasteiger partial charge < -0.3 is 0 Å². The third kappa shape index (κ3) is 2.94. The standard InChI is InChI=1S/C13H28N2/c1-10(2)14-8-12(4)15(9-11(14)3)13(5,6)7/h10-12H,8-9H2,1-7H3/t11?,12-/m1/s1. The van der Waals surface area contributed by atoms with E-state index >= 15 is 0 Å². The molecule has 0 saturated carbocycles. The van der Waals surface area contributed by atoms with E-state index in [0.717, 1.165) is 0 Å². The van der Waals surface area contributed by atoms with Gasteiger partial charge >= 0.3 is 0 Å². The first-order chi connectivity index (χ1) is 6.73. The molecule has 1 saturated heterocycles. The van der Waals surface area contributed by atoms with Crippen molar-refractivity contribution in [3.63, 3.8) is 0 Å². The quantitative estimate of drug-likeness (QED) is 0.659. The molecule has 0 amide bonds. The van der Waals surface area contributed by atoms with Crippen LogP contribution in [0.3, 0.4) is 0 Å². The molecule has 0 N–H and O–H groups in total. The highest BCUT2D eigenvalue weighted by molar-refractivity contribution is 4.91. The number of nitrogens with zero attached hydrogens (tertiary/aromatic N) is 2. The molecule has 0 bridgehead atoms. The van der Waals surface area contributed by atoms with Crippen molar-refractivity contribution in [1.29, 1.82) is 0 Å². The summed E-state index contributed by atoms with van der Waals surface area (Å²) in [6.07, 6.45) is 0. The van der Waals surface area contributed by atoms with Crippen molar-refractivity contribution < 1.29 is 0 Å². The molecule has 15 heavy (non-hydrogen) atoms. The number of hydrogen-bond acceptors (Lipinski definition) is 2. The van der Waals surface area contributed by atoms with Crippen molar-refractivity contribution in [2.24, 2.45) is 0 Å². The van der Waals surface area contributed by atoms with E-state index in [9.17, 15) is 0 Å². The molecule has 1 heterocycles. The van der Waals surface area contributed by atoms with Gasteiger partial charge in [-0.15, -0.1) is 0 Å². The van der Waals surface area contributed by atoms with Gasteiger partial charge in [0.2, 0.25) is 0 Å². The molecule has 1 rings (SSSR count). The molecule has 1 unspecified atom stereocenters. The second kappa shape index (κ2) is 4.42. The second-order valence-corrected chi connectivity index (χ2v) is 6.31. The molecule has 0 aromatic carbocycles. The van der Waals surface area contributed by atoms with Crippen LogP contribution in [0.2, 0.25) is 0 Å². The maximum atomic E-state index is 2.64. The van der Waals surface area contributed by atoms with Gasteiger partial charge in [0, 0.05) is 36.8 Å². The summed E-state index contributed by atoms with van der Waals surface area (Å²) in [5.41, 5.74) is 0.302. The zero-order valence-electron chi connectivity index (χ0n) is 11.5. The Bertz CT molecular complexity index is 205. The molecule has 90 valence electrons. The van der Waals surface area contributed by atoms with E-state index < -0.39 is 0 Å². The van der Waals surface area contributed by atoms with Gasteiger partial charge in [0.05, 0.1) is 0 Å². The zero-order chi connectivity index (χ0) is 11.8. The zero-order valence-corrected chi connectivity index (χ0v) is 11.5. The summed E-state index contributed by atoms with van der Waals surface area (Å²) < 4.78 is 0. The van der Waals surface area contributed by atoms with Crippen LogP contribution in [0.25, 0.3) is 0 Å². The smallest absolute Gasteiger partial charge is 0.0200 e. The number of piperazine rings is 1. The Morgan fingerprint density at radius 2 is 1.53 bits per heavy atom. The molecule has 0 radical (unpaired) electrons. The molecule has 1 aliphatic heterocycles. The van der Waals surface area contributed by atoms with E-state index in [-0.39, 0.29) is 0 Å². The Morgan fingerprint density at radius 3 is 1.93 bits per heavy atom. The Balaban J connectivity index is 2.71. The number of hydrogen-bond donors (Lipinski definition) is 0. The van der Waals surface area contributed by atoms with Crippen LogP contribution in [-0.4, -0.2) is 46.6 Å². The van der Waals surface area contributed by atoms with Crippen LogP contribution in [0.15, 0.2) is 0 Å². The molecule has 0 aromatic heterocycles. The fourth-order valence-corrected chi connectivity index (χ4v) is 2.81. The average molecular weight is 212 g/mol. The van der Waals surface area contributed by atoms with E-state index in [1.54, 1.807) is 0 Å². The van der Waals surface area contributed by atoms with Crippen LogP contribution in [0.5, 0.6) is 0 Å². The molecule has 1 aliphatic rings. The highest BCUT2D eigenvalue weighted by Gasteiger charge is 2.35. The summed E-state index contributed by atoms with van der Waals surface area (Å²) in [6.45, 7) is 18.7. The lowest BCUT2D eigenvalue weighted by Gasteiger charge is -2.51. The molecule has 2 atom stereocenters. The van der Waals surface area contributed by atoms with Crippen LogP contribution >= 0.6 is 0 Å². The minimum Gasteiger partial charge on any atom is -0.295 e. The third-order valence-corrected chi connectivity index (χ3v) is 3.56. The van der Waals surface area contributed by atoms with Crippen LogP contribution in [0, 0.1) is 0 Å². The van der Waals surface area contributed by atoms with Gasteiger partial charge in [0.1, 0.15) is 0 Å². The minimum atomic E-state index is 0.302. The van der Waals surface area contributed by atoms with E-state index in [1.807, 2.05) is 0 Å². The molecule has 1 fully saturated rings. The summed E-state index contributed by atoms with van der Waals surface area (Å²) >= 11 is 0. The molecule has 0 aliphatic carbocycles. The van der Waals surface area contributed by atoms with Gasteiger partial charge in [0.15, 0.2) is 0 Å². The fourth-order valence-electron chi connectivity index (χ4n) is 2.81. The van der Waals surface area contributed by atoms with Gasteiger partial charge in [0.25, 0.3) is 0 Å². The topological polar surface area (TPSA) is 6.48 Å². The van der Waals surface area contributed by atoms with Crippen LogP contribution in [0.1, 0.15) is 48.5 Å². The molecule has 2 heteroatoms. The van der Waals surface area contributed by atoms with E-state index in [1.165, 1.54) is 13.1 Å². The Kier molecular flexibility index (Phi) is 3.83. The lowest BCUT2D eigenvalue weighted by molar-refractivity contribution is -0.0233. The van der Waals surface area contributed by atoms with E-state index in [0.29, 0.717) is 23.7 Å². The Morgan fingerprint density at radius 1 is 1.00 bits per heavy atom. The SMILES string of the molecule is CC(C)N1C[C@@H](C)N(C(C)(C)C)CC1C. The summed E-state index contributed by atoms with van der Waals surface area (Å²) in [5.74, 6) is 0. The van der Waals surface area contributed by atoms with Gasteiger partial charge in [-0.3, -0.25) is 9.80 Å². The largest absolute Gasteiger partial charge is 0.295 e. The van der Waals surface area contributed by atoms with Gasteiger partial charge in [-0.1, -0.05) is 0 Å². The van der Waals surface area contributed by atoms with Gasteiger partial charge in [-0.05, 0) is 48.5 Å². The van der Waals surface area contributed by atoms with Crippen LogP contribution in [0.4, 0.5) is 0 Å². The predicted molar refractivity (Wildman–Crippen MR) is 67.2 cm³/mol. The third-order valence-electron chi connectivity index (χ3n) is 3.56. The Labute approximate surface area is 95.6 Å². The van der Waals surface area contributed by atoms with Gasteiger partial charge in [-0.25, -0.2) is 0 Å². The molecule has 2 nitrogen and oxygen atoms in total. The highest BCUT2D eigenvalue weighted by Crippen LogP contribution is 2.24. The first kappa shape index (κ1) is 13.0. The van der Waals surface area contributed by atoms with Crippen LogP contribution < -0.4 is 0 Å². The monoisotopic (exact) mass is 212 g/mol. The summed E-state index contributed by atoms with van der Waals surface area (Å²) in [7, 11) is 0. The first-order valence-corrected chi connectivity index (χ1v) is 6.26. The second-order valence-electron chi connectivity index (χ2n) is 6.31. The molecule has 0 aromatic rings. The normalized spacial score (nSPS) is 31.2. The van der Waals surface area contributed by atoms with Crippen molar-refractivity contribution in [3.05, 3.63) is 0 Å². The maximum absolute atomic E-state index is 2.64. The summed E-state index contributed by atoms with van der Waals surface area (Å²) in [4.78, 5) is 5.25. The minimum absolute atomic E-state index is 0.302. The van der Waals surface area contributed by atoms with E-state index in [4.69, 9.17) is 0 Å². The maximum Gasteiger partial charge on any atom is 0.0200 e. The van der Waals surface area contributed by atoms with Crippen molar-refractivity contribution in [2.45, 2.75) is 72.1 Å². The number of rotatable bonds is 1. The van der Waals surface area contributed by atoms with Crippen molar-refractivity contribution >= 4 is 0 Å². The molecular formula is C13H28N2. The summed E-state index contributed by atoms with van der Waals surface area (Å²) in [6, 6.07) is 2.02. The predicted octanol–water partition coefficient (Wildman–Crippen LogP) is 2.59. The average Bonchev–Trinajstić information content (AvgIpc) is 2.06. The van der Waals surface area contributed by atoms with Crippen LogP contribution in [-0.2, 0) is 0 Å². The van der Waals surface area contributed by atoms with Crippen molar-refractivity contribution in [1.82, 2.24) is 9.80 Å². The molecular weight excluding hydrogens is 184 g/mol. The van der Waals surface area contributed by atoms with Crippen molar-refractivity contribution in [2.75, 3.05) is 13.1 Å². The lowest BCUT2D eigenvalue weighted by atomic mass is 9.97. The van der Waals surface area contributed by atoms with Gasteiger partial charge in [-0.2, -0.15) is 0 Å². The highest BCUT2D eigenvalue weighted by atomic mass is 15.3.